The third-order valence-corrected chi connectivity index (χ3v) is 6.48. The van der Waals surface area contributed by atoms with Crippen LogP contribution in [0.25, 0.3) is 0 Å². The number of carbonyl (C=O) groups is 2. The first kappa shape index (κ1) is 28.8. The van der Waals surface area contributed by atoms with Gasteiger partial charge in [0.05, 0.1) is 32.1 Å². The van der Waals surface area contributed by atoms with E-state index in [1.54, 1.807) is 0 Å². The number of amidine groups is 1. The third kappa shape index (κ3) is 7.27. The van der Waals surface area contributed by atoms with Crippen LogP contribution in [0.4, 0.5) is 26.3 Å². The number of alkyl halides is 6. The summed E-state index contributed by atoms with van der Waals surface area (Å²) in [6, 6.07) is 0. The number of ether oxygens (including phenoxy) is 2. The fourth-order valence-corrected chi connectivity index (χ4v) is 3.78. The van der Waals surface area contributed by atoms with E-state index in [4.69, 9.17) is 9.47 Å². The van der Waals surface area contributed by atoms with Crippen LogP contribution in [0, 0.1) is 0 Å². The van der Waals surface area contributed by atoms with E-state index in [9.17, 15) is 52.8 Å². The Morgan fingerprint density at radius 2 is 1.26 bits per heavy atom. The van der Waals surface area contributed by atoms with Crippen LogP contribution in [-0.4, -0.2) is 108 Å². The van der Waals surface area contributed by atoms with Crippen molar-refractivity contribution in [1.82, 2.24) is 14.5 Å². The van der Waals surface area contributed by atoms with Crippen molar-refractivity contribution >= 4 is 37.6 Å². The van der Waals surface area contributed by atoms with Gasteiger partial charge < -0.3 is 19.3 Å². The van der Waals surface area contributed by atoms with Crippen molar-refractivity contribution in [2.45, 2.75) is 11.0 Å². The predicted octanol–water partition coefficient (Wildman–Crippen LogP) is -0.682. The van der Waals surface area contributed by atoms with Gasteiger partial charge >= 0.3 is 31.1 Å². The molecule has 0 aromatic carbocycles. The van der Waals surface area contributed by atoms with Crippen molar-refractivity contribution in [1.29, 1.82) is 0 Å². The van der Waals surface area contributed by atoms with Gasteiger partial charge in [0, 0.05) is 32.3 Å². The predicted molar refractivity (Wildman–Crippen MR) is 103 cm³/mol. The summed E-state index contributed by atoms with van der Waals surface area (Å²) in [6.45, 7) is -1.63. The summed E-state index contributed by atoms with van der Waals surface area (Å²) in [5.41, 5.74) is -13.7. The van der Waals surface area contributed by atoms with E-state index >= 15 is 0 Å². The normalized spacial score (nSPS) is 19.5. The fraction of sp³-hybridized carbons (Fsp3) is 0.667. The summed E-state index contributed by atoms with van der Waals surface area (Å²) in [6.07, 6.45) is -0.0543. The molecule has 12 nitrogen and oxygen atoms in total. The monoisotopic (exact) mass is 560 g/mol. The molecule has 20 heteroatoms. The Kier molecular flexibility index (Phi) is 8.77. The van der Waals surface area contributed by atoms with E-state index < -0.39 is 67.4 Å². The zero-order chi connectivity index (χ0) is 26.7. The topological polar surface area (TPSA) is 152 Å². The van der Waals surface area contributed by atoms with Crippen molar-refractivity contribution < 1.29 is 62.2 Å². The summed E-state index contributed by atoms with van der Waals surface area (Å²) in [4.78, 5) is 26.3. The summed E-state index contributed by atoms with van der Waals surface area (Å²) in [5.74, 6) is -4.49. The van der Waals surface area contributed by atoms with Gasteiger partial charge in [-0.1, -0.05) is 0 Å². The molecule has 0 aromatic heterocycles. The first-order valence-electron chi connectivity index (χ1n) is 9.42. The zero-order valence-corrected chi connectivity index (χ0v) is 19.1. The van der Waals surface area contributed by atoms with E-state index in [0.717, 1.165) is 9.62 Å². The van der Waals surface area contributed by atoms with Crippen molar-refractivity contribution in [2.24, 2.45) is 4.40 Å². The molecule has 1 N–H and O–H groups in total. The SMILES string of the molecule is O=C(C=C(NS(=O)(=O)C(F)(F)F)C(=NS(=O)(=O)C(F)(F)F)N1CCOCC1)C(=O)N1CCOCC1. The largest absolute Gasteiger partial charge is 0.518 e. The smallest absolute Gasteiger partial charge is 0.378 e. The van der Waals surface area contributed by atoms with Gasteiger partial charge in [0.25, 0.3) is 5.91 Å². The lowest BCUT2D eigenvalue weighted by atomic mass is 10.2. The Hall–Kier alpha value is -2.45. The molecule has 2 saturated heterocycles. The number of carbonyl (C=O) groups excluding carboxylic acids is 2. The molecular weight excluding hydrogens is 542 g/mol. The Morgan fingerprint density at radius 3 is 1.69 bits per heavy atom. The van der Waals surface area contributed by atoms with E-state index in [1.165, 1.54) is 0 Å². The molecule has 2 heterocycles. The quantitative estimate of drug-likeness (QED) is 0.146. The first-order valence-corrected chi connectivity index (χ1v) is 12.3. The number of nitrogens with one attached hydrogen (secondary N) is 1. The van der Waals surface area contributed by atoms with Gasteiger partial charge in [-0.15, -0.1) is 4.40 Å². The molecule has 0 aliphatic carbocycles. The molecule has 1 amide bonds. The highest BCUT2D eigenvalue weighted by molar-refractivity contribution is 7.91. The lowest BCUT2D eigenvalue weighted by molar-refractivity contribution is -0.145. The molecule has 2 aliphatic heterocycles. The standard InChI is InChI=1S/C15H18F6N4O8S2/c16-14(17,18)34(28,29)22-10(9-11(26)13(27)25-3-7-33-8-4-25)12(24-1-5-32-6-2-24)23-35(30,31)15(19,20)21/h9,22H,1-8H2. The van der Waals surface area contributed by atoms with E-state index in [-0.39, 0.29) is 45.6 Å². The van der Waals surface area contributed by atoms with Gasteiger partial charge in [-0.3, -0.25) is 14.3 Å². The average molecular weight is 560 g/mol. The van der Waals surface area contributed by atoms with Crippen molar-refractivity contribution in [3.63, 3.8) is 0 Å². The van der Waals surface area contributed by atoms with Gasteiger partial charge in [0.15, 0.2) is 5.84 Å². The number of ketones is 1. The number of hydrogen-bond donors (Lipinski definition) is 1. The number of nitrogens with zero attached hydrogens (tertiary/aromatic N) is 3. The molecule has 35 heavy (non-hydrogen) atoms. The van der Waals surface area contributed by atoms with Crippen molar-refractivity contribution in [2.75, 3.05) is 52.6 Å². The minimum atomic E-state index is -6.43. The molecule has 2 fully saturated rings. The maximum atomic E-state index is 13.0. The minimum absolute atomic E-state index is 0.000602. The van der Waals surface area contributed by atoms with Crippen LogP contribution in [0.5, 0.6) is 0 Å². The highest BCUT2D eigenvalue weighted by Crippen LogP contribution is 2.27. The number of halogens is 6. The highest BCUT2D eigenvalue weighted by atomic mass is 32.2. The van der Waals surface area contributed by atoms with Gasteiger partial charge in [-0.05, 0) is 0 Å². The second kappa shape index (κ2) is 10.7. The maximum absolute atomic E-state index is 13.0. The molecule has 0 atom stereocenters. The Balaban J connectivity index is 2.65. The second-order valence-corrected chi connectivity index (χ2v) is 10.1. The highest BCUT2D eigenvalue weighted by Gasteiger charge is 2.49. The Bertz CT molecular complexity index is 1090. The number of sulfonamides is 2. The number of morpholine rings is 2. The number of hydrogen-bond acceptors (Lipinski definition) is 8. The van der Waals surface area contributed by atoms with Gasteiger partial charge in [0.2, 0.25) is 5.78 Å². The average Bonchev–Trinajstić information content (AvgIpc) is 2.76. The second-order valence-electron chi connectivity index (χ2n) is 6.81. The molecule has 2 rings (SSSR count). The van der Waals surface area contributed by atoms with Crippen LogP contribution in [0.2, 0.25) is 0 Å². The van der Waals surface area contributed by atoms with E-state index in [0.29, 0.717) is 4.90 Å². The lowest BCUT2D eigenvalue weighted by Gasteiger charge is -2.31. The number of rotatable bonds is 6. The maximum Gasteiger partial charge on any atom is 0.518 e. The van der Waals surface area contributed by atoms with Crippen LogP contribution in [0.3, 0.4) is 0 Å². The van der Waals surface area contributed by atoms with Crippen molar-refractivity contribution in [3.8, 4) is 0 Å². The molecule has 0 unspecified atom stereocenters. The molecule has 0 saturated carbocycles. The van der Waals surface area contributed by atoms with E-state index in [2.05, 4.69) is 4.40 Å². The van der Waals surface area contributed by atoms with Gasteiger partial charge in [0.1, 0.15) is 0 Å². The summed E-state index contributed by atoms with van der Waals surface area (Å²) >= 11 is 0. The first-order chi connectivity index (χ1) is 16.0. The van der Waals surface area contributed by atoms with Crippen LogP contribution < -0.4 is 4.72 Å². The zero-order valence-electron chi connectivity index (χ0n) is 17.4. The minimum Gasteiger partial charge on any atom is -0.378 e. The molecule has 200 valence electrons. The number of amides is 1. The fourth-order valence-electron chi connectivity index (χ4n) is 2.68. The van der Waals surface area contributed by atoms with Crippen LogP contribution in [-0.2, 0) is 39.1 Å². The molecule has 0 radical (unpaired) electrons. The Labute approximate surface area is 194 Å². The lowest BCUT2D eigenvalue weighted by Crippen LogP contribution is -2.48. The van der Waals surface area contributed by atoms with Crippen LogP contribution >= 0.6 is 0 Å². The van der Waals surface area contributed by atoms with Crippen molar-refractivity contribution in [3.05, 3.63) is 11.8 Å². The van der Waals surface area contributed by atoms with Gasteiger partial charge in [-0.2, -0.15) is 43.2 Å². The Morgan fingerprint density at radius 1 is 0.800 bits per heavy atom. The summed E-state index contributed by atoms with van der Waals surface area (Å²) in [7, 11) is -12.8. The third-order valence-electron chi connectivity index (χ3n) is 4.38. The van der Waals surface area contributed by atoms with Crippen LogP contribution in [0.1, 0.15) is 0 Å². The van der Waals surface area contributed by atoms with Gasteiger partial charge in [-0.25, -0.2) is 0 Å². The van der Waals surface area contributed by atoms with Crippen LogP contribution in [0.15, 0.2) is 16.2 Å². The summed E-state index contributed by atoms with van der Waals surface area (Å²) in [5, 5.41) is 0. The molecule has 0 aromatic rings. The van der Waals surface area contributed by atoms with E-state index in [1.807, 2.05) is 0 Å². The molecular formula is C15H18F6N4O8S2. The summed E-state index contributed by atoms with van der Waals surface area (Å²) < 4.78 is 138. The molecule has 0 bridgehead atoms. The molecule has 2 aliphatic rings. The molecule has 0 spiro atoms.